The maximum absolute atomic E-state index is 12.4. The van der Waals surface area contributed by atoms with Crippen LogP contribution in [0.25, 0.3) is 0 Å². The number of nitrogens with one attached hydrogen (secondary N) is 1. The summed E-state index contributed by atoms with van der Waals surface area (Å²) < 4.78 is 3.24. The van der Waals surface area contributed by atoms with E-state index in [-0.39, 0.29) is 23.0 Å². The van der Waals surface area contributed by atoms with Crippen LogP contribution in [0.3, 0.4) is 0 Å². The van der Waals surface area contributed by atoms with Gasteiger partial charge in [0.1, 0.15) is 0 Å². The number of hydrogen-bond acceptors (Lipinski definition) is 5. The van der Waals surface area contributed by atoms with E-state index in [4.69, 9.17) is 0 Å². The lowest BCUT2D eigenvalue weighted by atomic mass is 10.1. The van der Waals surface area contributed by atoms with Crippen molar-refractivity contribution in [3.8, 4) is 0 Å². The summed E-state index contributed by atoms with van der Waals surface area (Å²) in [6.07, 6.45) is 3.48. The van der Waals surface area contributed by atoms with Crippen LogP contribution in [0.4, 0.5) is 5.69 Å². The van der Waals surface area contributed by atoms with Gasteiger partial charge in [-0.2, -0.15) is 0 Å². The van der Waals surface area contributed by atoms with E-state index < -0.39 is 0 Å². The third kappa shape index (κ3) is 3.80. The summed E-state index contributed by atoms with van der Waals surface area (Å²) in [7, 11) is 1.76. The molecule has 0 atom stereocenters. The van der Waals surface area contributed by atoms with Gasteiger partial charge in [0.25, 0.3) is 0 Å². The van der Waals surface area contributed by atoms with Crippen molar-refractivity contribution < 1.29 is 9.59 Å². The molecule has 3 rings (SSSR count). The lowest BCUT2D eigenvalue weighted by Crippen LogP contribution is -2.20. The fourth-order valence-corrected chi connectivity index (χ4v) is 3.29. The molecule has 1 N–H and O–H groups in total. The van der Waals surface area contributed by atoms with Crippen molar-refractivity contribution >= 4 is 28.7 Å². The standard InChI is InChI=1S/C18H18N4O3S/c1-12-11-26-18(25)22(12)9-7-15(23)20-14-5-3-13(4-6-14)16(24)17-19-8-10-21(17)2/h3-6,8,10-11H,7,9H2,1-2H3,(H,20,23). The topological polar surface area (TPSA) is 86.0 Å². The van der Waals surface area contributed by atoms with E-state index in [2.05, 4.69) is 10.3 Å². The van der Waals surface area contributed by atoms with Gasteiger partial charge in [-0.1, -0.05) is 11.3 Å². The van der Waals surface area contributed by atoms with Crippen LogP contribution in [0.15, 0.2) is 46.8 Å². The molecule has 1 amide bonds. The highest BCUT2D eigenvalue weighted by Gasteiger charge is 2.14. The zero-order valence-corrected chi connectivity index (χ0v) is 15.2. The molecule has 0 spiro atoms. The Hall–Kier alpha value is -3.00. The zero-order valence-electron chi connectivity index (χ0n) is 14.4. The van der Waals surface area contributed by atoms with Gasteiger partial charge in [0.15, 0.2) is 5.82 Å². The molecule has 0 aliphatic carbocycles. The number of amides is 1. The van der Waals surface area contributed by atoms with E-state index in [9.17, 15) is 14.4 Å². The second kappa shape index (κ2) is 7.49. The number of aryl methyl sites for hydroxylation is 2. The maximum atomic E-state index is 12.4. The number of aromatic nitrogens is 3. The molecule has 0 unspecified atom stereocenters. The van der Waals surface area contributed by atoms with Gasteiger partial charge in [0, 0.05) is 54.7 Å². The van der Waals surface area contributed by atoms with E-state index in [0.717, 1.165) is 17.0 Å². The van der Waals surface area contributed by atoms with Gasteiger partial charge in [-0.25, -0.2) is 4.98 Å². The van der Waals surface area contributed by atoms with Gasteiger partial charge in [-0.05, 0) is 31.2 Å². The molecule has 2 aromatic heterocycles. The number of hydrogen-bond donors (Lipinski definition) is 1. The fourth-order valence-electron chi connectivity index (χ4n) is 2.53. The van der Waals surface area contributed by atoms with Gasteiger partial charge in [0.2, 0.25) is 11.7 Å². The molecule has 26 heavy (non-hydrogen) atoms. The van der Waals surface area contributed by atoms with Gasteiger partial charge in [-0.3, -0.25) is 14.4 Å². The van der Waals surface area contributed by atoms with Crippen LogP contribution in [0, 0.1) is 6.92 Å². The highest BCUT2D eigenvalue weighted by atomic mass is 32.1. The Balaban J connectivity index is 1.60. The first-order valence-electron chi connectivity index (χ1n) is 8.02. The van der Waals surface area contributed by atoms with E-state index in [1.54, 1.807) is 58.2 Å². The van der Waals surface area contributed by atoms with Crippen molar-refractivity contribution in [3.63, 3.8) is 0 Å². The molecule has 3 aromatic rings. The molecule has 134 valence electrons. The number of anilines is 1. The Kier molecular flexibility index (Phi) is 5.13. The summed E-state index contributed by atoms with van der Waals surface area (Å²) in [5, 5.41) is 4.55. The Morgan fingerprint density at radius 1 is 1.23 bits per heavy atom. The van der Waals surface area contributed by atoms with E-state index >= 15 is 0 Å². The molecular formula is C18H18N4O3S. The summed E-state index contributed by atoms with van der Waals surface area (Å²) in [5.74, 6) is -0.00766. The molecule has 7 nitrogen and oxygen atoms in total. The summed E-state index contributed by atoms with van der Waals surface area (Å²) in [6.45, 7) is 2.18. The van der Waals surface area contributed by atoms with Crippen LogP contribution in [0.2, 0.25) is 0 Å². The molecule has 0 fully saturated rings. The van der Waals surface area contributed by atoms with Crippen LogP contribution in [0.5, 0.6) is 0 Å². The SMILES string of the molecule is Cc1csc(=O)n1CCC(=O)Nc1ccc(C(=O)c2nccn2C)cc1. The van der Waals surface area contributed by atoms with Crippen molar-refractivity contribution in [2.75, 3.05) is 5.32 Å². The van der Waals surface area contributed by atoms with E-state index in [1.807, 2.05) is 6.92 Å². The molecule has 0 saturated carbocycles. The number of rotatable bonds is 6. The molecule has 0 bridgehead atoms. The number of thiazole rings is 1. The van der Waals surface area contributed by atoms with E-state index in [1.165, 1.54) is 0 Å². The Morgan fingerprint density at radius 2 is 1.96 bits per heavy atom. The quantitative estimate of drug-likeness (QED) is 0.674. The molecule has 8 heteroatoms. The normalized spacial score (nSPS) is 10.7. The van der Waals surface area contributed by atoms with Gasteiger partial charge in [-0.15, -0.1) is 0 Å². The Bertz CT molecular complexity index is 998. The third-order valence-corrected chi connectivity index (χ3v) is 4.88. The van der Waals surface area contributed by atoms with Crippen LogP contribution in [-0.4, -0.2) is 25.8 Å². The van der Waals surface area contributed by atoms with Crippen molar-refractivity contribution in [1.82, 2.24) is 14.1 Å². The van der Waals surface area contributed by atoms with Gasteiger partial charge < -0.3 is 14.5 Å². The molecule has 2 heterocycles. The monoisotopic (exact) mass is 370 g/mol. The summed E-state index contributed by atoms with van der Waals surface area (Å²) in [5.41, 5.74) is 1.95. The molecule has 1 aromatic carbocycles. The van der Waals surface area contributed by atoms with Crippen LogP contribution >= 0.6 is 11.3 Å². The number of carbonyl (C=O) groups excluding carboxylic acids is 2. The lowest BCUT2D eigenvalue weighted by molar-refractivity contribution is -0.116. The minimum Gasteiger partial charge on any atom is -0.331 e. The summed E-state index contributed by atoms with van der Waals surface area (Å²) in [4.78, 5) is 40.1. The van der Waals surface area contributed by atoms with Crippen molar-refractivity contribution in [2.45, 2.75) is 19.9 Å². The van der Waals surface area contributed by atoms with Crippen LogP contribution in [0.1, 0.15) is 28.3 Å². The molecule has 0 aliphatic rings. The molecule has 0 radical (unpaired) electrons. The Labute approximate surface area is 153 Å². The average molecular weight is 370 g/mol. The summed E-state index contributed by atoms with van der Waals surface area (Å²) >= 11 is 1.13. The predicted octanol–water partition coefficient (Wildman–Crippen LogP) is 2.21. The highest BCUT2D eigenvalue weighted by molar-refractivity contribution is 7.07. The lowest BCUT2D eigenvalue weighted by Gasteiger charge is -2.07. The maximum Gasteiger partial charge on any atom is 0.307 e. The molecular weight excluding hydrogens is 352 g/mol. The highest BCUT2D eigenvalue weighted by Crippen LogP contribution is 2.13. The van der Waals surface area contributed by atoms with Gasteiger partial charge in [0.05, 0.1) is 0 Å². The second-order valence-corrected chi connectivity index (χ2v) is 6.68. The first kappa shape index (κ1) is 17.8. The zero-order chi connectivity index (χ0) is 18.7. The minimum atomic E-state index is -0.189. The summed E-state index contributed by atoms with van der Waals surface area (Å²) in [6, 6.07) is 6.66. The van der Waals surface area contributed by atoms with Crippen molar-refractivity contribution in [2.24, 2.45) is 7.05 Å². The number of imidazole rings is 1. The van der Waals surface area contributed by atoms with E-state index in [0.29, 0.717) is 23.6 Å². The van der Waals surface area contributed by atoms with Crippen molar-refractivity contribution in [1.29, 1.82) is 0 Å². The average Bonchev–Trinajstić information content (AvgIpc) is 3.19. The minimum absolute atomic E-state index is 0.0625. The third-order valence-electron chi connectivity index (χ3n) is 3.99. The number of nitrogens with zero attached hydrogens (tertiary/aromatic N) is 3. The molecule has 0 aliphatic heterocycles. The first-order chi connectivity index (χ1) is 12.5. The van der Waals surface area contributed by atoms with Crippen molar-refractivity contribution in [3.05, 3.63) is 68.8 Å². The number of carbonyl (C=O) groups is 2. The predicted molar refractivity (Wildman–Crippen MR) is 99.6 cm³/mol. The van der Waals surface area contributed by atoms with Gasteiger partial charge >= 0.3 is 4.87 Å². The first-order valence-corrected chi connectivity index (χ1v) is 8.90. The van der Waals surface area contributed by atoms with Crippen LogP contribution in [-0.2, 0) is 18.4 Å². The number of ketones is 1. The second-order valence-electron chi connectivity index (χ2n) is 5.86. The van der Waals surface area contributed by atoms with Crippen LogP contribution < -0.4 is 10.2 Å². The number of benzene rings is 1. The largest absolute Gasteiger partial charge is 0.331 e. The smallest absolute Gasteiger partial charge is 0.307 e. The molecule has 0 saturated heterocycles. The fraction of sp³-hybridized carbons (Fsp3) is 0.222. The Morgan fingerprint density at radius 3 is 2.54 bits per heavy atom.